The summed E-state index contributed by atoms with van der Waals surface area (Å²) >= 11 is 0. The third-order valence-electron chi connectivity index (χ3n) is 6.04. The first-order valence-corrected chi connectivity index (χ1v) is 10.8. The fourth-order valence-corrected chi connectivity index (χ4v) is 4.45. The van der Waals surface area contributed by atoms with E-state index in [1.54, 1.807) is 37.3 Å². The van der Waals surface area contributed by atoms with E-state index < -0.39 is 0 Å². The molecule has 1 aliphatic heterocycles. The molecule has 166 valence electrons. The SMILES string of the molecule is COc1ccc(C(=O)N2c3ncnn3[C@H](c3ccccc3)C[C@H]2c2ccccc2)cc1OC. The Balaban J connectivity index is 1.63. The number of carbonyl (C=O) groups excluding carboxylic acids is 1. The first kappa shape index (κ1) is 20.8. The summed E-state index contributed by atoms with van der Waals surface area (Å²) in [6.07, 6.45) is 2.18. The molecule has 2 heterocycles. The highest BCUT2D eigenvalue weighted by molar-refractivity contribution is 6.06. The van der Waals surface area contributed by atoms with Gasteiger partial charge in [-0.3, -0.25) is 9.69 Å². The quantitative estimate of drug-likeness (QED) is 0.451. The molecule has 5 rings (SSSR count). The van der Waals surface area contributed by atoms with Crippen molar-refractivity contribution in [1.29, 1.82) is 0 Å². The van der Waals surface area contributed by atoms with Crippen LogP contribution in [0.4, 0.5) is 5.95 Å². The lowest BCUT2D eigenvalue weighted by Crippen LogP contribution is -2.42. The minimum absolute atomic E-state index is 0.0386. The zero-order valence-corrected chi connectivity index (χ0v) is 18.5. The van der Waals surface area contributed by atoms with Crippen molar-refractivity contribution in [2.45, 2.75) is 18.5 Å². The van der Waals surface area contributed by atoms with Gasteiger partial charge in [0.1, 0.15) is 6.33 Å². The zero-order chi connectivity index (χ0) is 22.8. The monoisotopic (exact) mass is 440 g/mol. The lowest BCUT2D eigenvalue weighted by atomic mass is 9.91. The van der Waals surface area contributed by atoms with Crippen molar-refractivity contribution in [2.24, 2.45) is 0 Å². The van der Waals surface area contributed by atoms with E-state index in [9.17, 15) is 4.79 Å². The van der Waals surface area contributed by atoms with Crippen LogP contribution in [0.2, 0.25) is 0 Å². The van der Waals surface area contributed by atoms with Crippen LogP contribution in [-0.2, 0) is 0 Å². The Morgan fingerprint density at radius 2 is 1.48 bits per heavy atom. The van der Waals surface area contributed by atoms with Gasteiger partial charge in [0.05, 0.1) is 26.3 Å². The fourth-order valence-electron chi connectivity index (χ4n) is 4.45. The predicted molar refractivity (Wildman–Crippen MR) is 125 cm³/mol. The minimum Gasteiger partial charge on any atom is -0.493 e. The molecule has 0 fully saturated rings. The van der Waals surface area contributed by atoms with E-state index in [1.807, 2.05) is 53.2 Å². The van der Waals surface area contributed by atoms with Crippen molar-refractivity contribution < 1.29 is 14.3 Å². The van der Waals surface area contributed by atoms with E-state index >= 15 is 0 Å². The molecule has 33 heavy (non-hydrogen) atoms. The molecule has 1 aromatic heterocycles. The maximum Gasteiger partial charge on any atom is 0.261 e. The summed E-state index contributed by atoms with van der Waals surface area (Å²) in [5.41, 5.74) is 2.66. The van der Waals surface area contributed by atoms with E-state index in [-0.39, 0.29) is 18.0 Å². The standard InChI is InChI=1S/C26H24N4O3/c1-32-23-14-13-20(15-24(23)33-2)25(31)29-21(18-9-5-3-6-10-18)16-22(19-11-7-4-8-12-19)30-26(29)27-17-28-30/h3-15,17,21-22H,16H2,1-2H3/t21-,22-/m0/s1. The summed E-state index contributed by atoms with van der Waals surface area (Å²) in [5.74, 6) is 1.41. The first-order valence-electron chi connectivity index (χ1n) is 10.8. The van der Waals surface area contributed by atoms with E-state index in [4.69, 9.17) is 9.47 Å². The molecule has 0 saturated carbocycles. The third kappa shape index (κ3) is 3.71. The number of fused-ring (bicyclic) bond motifs is 1. The molecule has 0 aliphatic carbocycles. The molecule has 1 aliphatic rings. The average Bonchev–Trinajstić information content (AvgIpc) is 3.37. The number of carbonyl (C=O) groups is 1. The summed E-state index contributed by atoms with van der Waals surface area (Å²) in [7, 11) is 3.13. The maximum atomic E-state index is 13.9. The van der Waals surface area contributed by atoms with Crippen LogP contribution < -0.4 is 14.4 Å². The number of rotatable bonds is 5. The molecule has 3 aromatic carbocycles. The molecular formula is C26H24N4O3. The summed E-state index contributed by atoms with van der Waals surface area (Å²) in [6.45, 7) is 0. The largest absolute Gasteiger partial charge is 0.493 e. The van der Waals surface area contributed by atoms with Crippen LogP contribution >= 0.6 is 0 Å². The van der Waals surface area contributed by atoms with Gasteiger partial charge in [0, 0.05) is 5.56 Å². The van der Waals surface area contributed by atoms with Crippen molar-refractivity contribution in [1.82, 2.24) is 14.8 Å². The van der Waals surface area contributed by atoms with Crippen molar-refractivity contribution in [3.8, 4) is 11.5 Å². The lowest BCUT2D eigenvalue weighted by molar-refractivity contribution is 0.0963. The number of hydrogen-bond acceptors (Lipinski definition) is 5. The predicted octanol–water partition coefficient (Wildman–Crippen LogP) is 4.68. The Hall–Kier alpha value is -4.13. The Bertz CT molecular complexity index is 1260. The Morgan fingerprint density at radius 1 is 0.848 bits per heavy atom. The number of benzene rings is 3. The van der Waals surface area contributed by atoms with Crippen LogP contribution in [0.3, 0.4) is 0 Å². The number of amides is 1. The number of ether oxygens (including phenoxy) is 2. The Kier molecular flexibility index (Phi) is 5.52. The molecule has 0 radical (unpaired) electrons. The number of anilines is 1. The zero-order valence-electron chi connectivity index (χ0n) is 18.5. The summed E-state index contributed by atoms with van der Waals surface area (Å²) in [4.78, 5) is 20.2. The van der Waals surface area contributed by atoms with Gasteiger partial charge in [-0.2, -0.15) is 10.1 Å². The van der Waals surface area contributed by atoms with Crippen LogP contribution in [0.5, 0.6) is 11.5 Å². The van der Waals surface area contributed by atoms with Gasteiger partial charge in [0.2, 0.25) is 5.95 Å². The van der Waals surface area contributed by atoms with Gasteiger partial charge in [-0.05, 0) is 35.7 Å². The summed E-state index contributed by atoms with van der Waals surface area (Å²) in [6, 6.07) is 25.2. The van der Waals surface area contributed by atoms with Crippen LogP contribution in [0, 0.1) is 0 Å². The molecule has 2 atom stereocenters. The van der Waals surface area contributed by atoms with Gasteiger partial charge in [-0.15, -0.1) is 0 Å². The van der Waals surface area contributed by atoms with E-state index in [0.717, 1.165) is 11.1 Å². The number of nitrogens with zero attached hydrogens (tertiary/aromatic N) is 4. The van der Waals surface area contributed by atoms with Gasteiger partial charge < -0.3 is 9.47 Å². The smallest absolute Gasteiger partial charge is 0.261 e. The second-order valence-corrected chi connectivity index (χ2v) is 7.84. The Morgan fingerprint density at radius 3 is 2.12 bits per heavy atom. The van der Waals surface area contributed by atoms with Crippen LogP contribution in [-0.4, -0.2) is 34.9 Å². The highest BCUT2D eigenvalue weighted by Gasteiger charge is 2.39. The van der Waals surface area contributed by atoms with Crippen LogP contribution in [0.15, 0.2) is 85.2 Å². The summed E-state index contributed by atoms with van der Waals surface area (Å²) in [5, 5.41) is 4.50. The molecule has 7 nitrogen and oxygen atoms in total. The molecule has 1 amide bonds. The second-order valence-electron chi connectivity index (χ2n) is 7.84. The van der Waals surface area contributed by atoms with Crippen molar-refractivity contribution in [2.75, 3.05) is 19.1 Å². The molecule has 7 heteroatoms. The van der Waals surface area contributed by atoms with Gasteiger partial charge in [-0.1, -0.05) is 60.7 Å². The van der Waals surface area contributed by atoms with Gasteiger partial charge in [0.25, 0.3) is 5.91 Å². The first-order chi connectivity index (χ1) is 16.2. The van der Waals surface area contributed by atoms with Crippen molar-refractivity contribution in [3.63, 3.8) is 0 Å². The molecular weight excluding hydrogens is 416 g/mol. The van der Waals surface area contributed by atoms with Gasteiger partial charge in [-0.25, -0.2) is 4.68 Å². The number of methoxy groups -OCH3 is 2. The molecule has 0 bridgehead atoms. The van der Waals surface area contributed by atoms with Crippen LogP contribution in [0.25, 0.3) is 0 Å². The topological polar surface area (TPSA) is 69.5 Å². The molecule has 0 spiro atoms. The van der Waals surface area contributed by atoms with E-state index in [2.05, 4.69) is 22.2 Å². The van der Waals surface area contributed by atoms with Gasteiger partial charge >= 0.3 is 0 Å². The second kappa shape index (κ2) is 8.78. The van der Waals surface area contributed by atoms with Crippen molar-refractivity contribution >= 4 is 11.9 Å². The molecule has 0 unspecified atom stereocenters. The maximum absolute atomic E-state index is 13.9. The highest BCUT2D eigenvalue weighted by Crippen LogP contribution is 2.42. The number of aromatic nitrogens is 3. The van der Waals surface area contributed by atoms with Crippen LogP contribution in [0.1, 0.15) is 40.0 Å². The van der Waals surface area contributed by atoms with Crippen molar-refractivity contribution in [3.05, 3.63) is 102 Å². The lowest BCUT2D eigenvalue weighted by Gasteiger charge is -2.39. The molecule has 0 N–H and O–H groups in total. The van der Waals surface area contributed by atoms with Gasteiger partial charge in [0.15, 0.2) is 11.5 Å². The third-order valence-corrected chi connectivity index (χ3v) is 6.04. The normalized spacial score (nSPS) is 17.3. The summed E-state index contributed by atoms with van der Waals surface area (Å²) < 4.78 is 12.6. The fraction of sp³-hybridized carbons (Fsp3) is 0.192. The molecule has 4 aromatic rings. The highest BCUT2D eigenvalue weighted by atomic mass is 16.5. The van der Waals surface area contributed by atoms with E-state index in [0.29, 0.717) is 29.4 Å². The minimum atomic E-state index is -0.214. The van der Waals surface area contributed by atoms with E-state index in [1.165, 1.54) is 6.33 Å². The Labute approximate surface area is 192 Å². The molecule has 0 saturated heterocycles. The average molecular weight is 441 g/mol. The number of hydrogen-bond donors (Lipinski definition) is 0.